The van der Waals surface area contributed by atoms with Gasteiger partial charge in [0.15, 0.2) is 5.96 Å². The molecule has 1 aliphatic rings. The summed E-state index contributed by atoms with van der Waals surface area (Å²) in [5, 5.41) is 6.62. The Morgan fingerprint density at radius 3 is 2.80 bits per heavy atom. The summed E-state index contributed by atoms with van der Waals surface area (Å²) in [4.78, 5) is 7.06. The van der Waals surface area contributed by atoms with Crippen molar-refractivity contribution in [1.29, 1.82) is 0 Å². The average molecular weight is 534 g/mol. The topological polar surface area (TPSA) is 67.4 Å². The van der Waals surface area contributed by atoms with Crippen LogP contribution < -0.4 is 15.4 Å². The third-order valence-corrected chi connectivity index (χ3v) is 4.99. The SMILES string of the molecule is CCNC(=NCc1cccc(OCCN(C)C2CCOCC2)c1)NC(C)COC.I. The number of hydrogen-bond acceptors (Lipinski definition) is 5. The average Bonchev–Trinajstić information content (AvgIpc) is 2.73. The van der Waals surface area contributed by atoms with Gasteiger partial charge in [-0.05, 0) is 51.4 Å². The molecule has 0 saturated carbocycles. The van der Waals surface area contributed by atoms with Crippen LogP contribution in [0, 0.1) is 0 Å². The molecule has 172 valence electrons. The second-order valence-corrected chi connectivity index (χ2v) is 7.52. The summed E-state index contributed by atoms with van der Waals surface area (Å²) >= 11 is 0. The van der Waals surface area contributed by atoms with Crippen molar-refractivity contribution in [3.8, 4) is 5.75 Å². The molecule has 1 saturated heterocycles. The van der Waals surface area contributed by atoms with Crippen molar-refractivity contribution in [2.45, 2.75) is 45.3 Å². The summed E-state index contributed by atoms with van der Waals surface area (Å²) in [6.07, 6.45) is 2.21. The molecule has 0 spiro atoms. The van der Waals surface area contributed by atoms with Gasteiger partial charge in [0, 0.05) is 45.5 Å². The van der Waals surface area contributed by atoms with Gasteiger partial charge >= 0.3 is 0 Å². The molecule has 0 amide bonds. The van der Waals surface area contributed by atoms with E-state index in [2.05, 4.69) is 53.6 Å². The summed E-state index contributed by atoms with van der Waals surface area (Å²) in [5.41, 5.74) is 1.12. The maximum Gasteiger partial charge on any atom is 0.191 e. The predicted octanol–water partition coefficient (Wildman–Crippen LogP) is 2.88. The second-order valence-electron chi connectivity index (χ2n) is 7.52. The Labute approximate surface area is 199 Å². The number of aliphatic imine (C=N–C) groups is 1. The number of rotatable bonds is 11. The summed E-state index contributed by atoms with van der Waals surface area (Å²) in [5.74, 6) is 1.69. The van der Waals surface area contributed by atoms with Gasteiger partial charge in [-0.1, -0.05) is 12.1 Å². The fraction of sp³-hybridized carbons (Fsp3) is 0.682. The van der Waals surface area contributed by atoms with E-state index in [1.54, 1.807) is 7.11 Å². The first-order valence-electron chi connectivity index (χ1n) is 10.7. The minimum absolute atomic E-state index is 0. The number of nitrogens with zero attached hydrogens (tertiary/aromatic N) is 2. The third-order valence-electron chi connectivity index (χ3n) is 4.99. The highest BCUT2D eigenvalue weighted by atomic mass is 127. The van der Waals surface area contributed by atoms with Gasteiger partial charge in [0.1, 0.15) is 12.4 Å². The van der Waals surface area contributed by atoms with Crippen LogP contribution in [0.2, 0.25) is 0 Å². The van der Waals surface area contributed by atoms with Crippen molar-refractivity contribution >= 4 is 29.9 Å². The van der Waals surface area contributed by atoms with Crippen molar-refractivity contribution in [2.75, 3.05) is 53.7 Å². The molecule has 1 atom stereocenters. The molecule has 1 fully saturated rings. The van der Waals surface area contributed by atoms with Crippen LogP contribution in [0.4, 0.5) is 0 Å². The molecule has 30 heavy (non-hydrogen) atoms. The van der Waals surface area contributed by atoms with Crippen molar-refractivity contribution in [3.05, 3.63) is 29.8 Å². The van der Waals surface area contributed by atoms with E-state index in [9.17, 15) is 0 Å². The summed E-state index contributed by atoms with van der Waals surface area (Å²) in [6.45, 7) is 9.50. The second kappa shape index (κ2) is 15.7. The zero-order chi connectivity index (χ0) is 20.9. The molecule has 1 heterocycles. The fourth-order valence-electron chi connectivity index (χ4n) is 3.37. The molecule has 7 nitrogen and oxygen atoms in total. The molecule has 2 N–H and O–H groups in total. The molecule has 2 rings (SSSR count). The van der Waals surface area contributed by atoms with E-state index >= 15 is 0 Å². The molecule has 1 aliphatic heterocycles. The molecule has 1 aromatic carbocycles. The van der Waals surface area contributed by atoms with E-state index < -0.39 is 0 Å². The molecule has 1 aromatic rings. The summed E-state index contributed by atoms with van der Waals surface area (Å²) < 4.78 is 16.6. The van der Waals surface area contributed by atoms with Gasteiger partial charge in [-0.15, -0.1) is 24.0 Å². The zero-order valence-electron chi connectivity index (χ0n) is 18.9. The van der Waals surface area contributed by atoms with Gasteiger partial charge < -0.3 is 24.8 Å². The van der Waals surface area contributed by atoms with E-state index in [0.29, 0.717) is 25.8 Å². The maximum absolute atomic E-state index is 5.99. The van der Waals surface area contributed by atoms with Crippen LogP contribution in [0.3, 0.4) is 0 Å². The Morgan fingerprint density at radius 2 is 2.10 bits per heavy atom. The summed E-state index contributed by atoms with van der Waals surface area (Å²) in [6, 6.07) is 8.97. The highest BCUT2D eigenvalue weighted by molar-refractivity contribution is 14.0. The molecule has 8 heteroatoms. The van der Waals surface area contributed by atoms with Crippen LogP contribution in [-0.2, 0) is 16.0 Å². The Kier molecular flexibility index (Phi) is 14.1. The first kappa shape index (κ1) is 26.9. The van der Waals surface area contributed by atoms with Crippen LogP contribution in [0.15, 0.2) is 29.3 Å². The number of halogens is 1. The largest absolute Gasteiger partial charge is 0.492 e. The van der Waals surface area contributed by atoms with Gasteiger partial charge in [-0.25, -0.2) is 4.99 Å². The Balaban J connectivity index is 0.00000450. The molecule has 0 radical (unpaired) electrons. The van der Waals surface area contributed by atoms with E-state index in [-0.39, 0.29) is 30.0 Å². The number of ether oxygens (including phenoxy) is 3. The smallest absolute Gasteiger partial charge is 0.191 e. The van der Waals surface area contributed by atoms with Crippen LogP contribution in [0.1, 0.15) is 32.3 Å². The van der Waals surface area contributed by atoms with Gasteiger partial charge in [-0.3, -0.25) is 4.90 Å². The van der Waals surface area contributed by atoms with E-state index in [4.69, 9.17) is 14.2 Å². The monoisotopic (exact) mass is 534 g/mol. The van der Waals surface area contributed by atoms with E-state index in [1.165, 1.54) is 0 Å². The first-order chi connectivity index (χ1) is 14.1. The highest BCUT2D eigenvalue weighted by Crippen LogP contribution is 2.15. The molecular weight excluding hydrogens is 495 g/mol. The lowest BCUT2D eigenvalue weighted by Gasteiger charge is -2.31. The van der Waals surface area contributed by atoms with Crippen molar-refractivity contribution in [2.24, 2.45) is 4.99 Å². The lowest BCUT2D eigenvalue weighted by atomic mass is 10.1. The van der Waals surface area contributed by atoms with Crippen LogP contribution in [0.5, 0.6) is 5.75 Å². The van der Waals surface area contributed by atoms with Crippen LogP contribution >= 0.6 is 24.0 Å². The lowest BCUT2D eigenvalue weighted by Crippen LogP contribution is -2.43. The van der Waals surface area contributed by atoms with Gasteiger partial charge in [-0.2, -0.15) is 0 Å². The Bertz CT molecular complexity index is 612. The number of hydrogen-bond donors (Lipinski definition) is 2. The zero-order valence-corrected chi connectivity index (χ0v) is 21.2. The molecule has 0 aromatic heterocycles. The molecule has 0 bridgehead atoms. The molecule has 0 aliphatic carbocycles. The van der Waals surface area contributed by atoms with Crippen molar-refractivity contribution in [3.63, 3.8) is 0 Å². The number of nitrogens with one attached hydrogen (secondary N) is 2. The van der Waals surface area contributed by atoms with E-state index in [0.717, 1.165) is 56.4 Å². The molecular formula is C22H39IN4O3. The third kappa shape index (κ3) is 10.3. The Morgan fingerprint density at radius 1 is 1.33 bits per heavy atom. The standard InChI is InChI=1S/C22H38N4O3.HI/c1-5-23-22(25-18(2)17-27-4)24-16-19-7-6-8-21(15-19)29-14-11-26(3)20-9-12-28-13-10-20;/h6-8,15,18,20H,5,9-14,16-17H2,1-4H3,(H2,23,24,25);1H. The van der Waals surface area contributed by atoms with Gasteiger partial charge in [0.05, 0.1) is 13.2 Å². The quantitative estimate of drug-likeness (QED) is 0.259. The number of methoxy groups -OCH3 is 1. The minimum atomic E-state index is 0. The minimum Gasteiger partial charge on any atom is -0.492 e. The van der Waals surface area contributed by atoms with Crippen molar-refractivity contribution < 1.29 is 14.2 Å². The lowest BCUT2D eigenvalue weighted by molar-refractivity contribution is 0.0392. The Hall–Kier alpha value is -1.10. The van der Waals surface area contributed by atoms with Crippen LogP contribution in [-0.4, -0.2) is 76.6 Å². The molecule has 1 unspecified atom stereocenters. The van der Waals surface area contributed by atoms with E-state index in [1.807, 2.05) is 12.1 Å². The summed E-state index contributed by atoms with van der Waals surface area (Å²) in [7, 11) is 3.87. The fourth-order valence-corrected chi connectivity index (χ4v) is 3.37. The number of likely N-dealkylation sites (N-methyl/N-ethyl adjacent to an activating group) is 1. The van der Waals surface area contributed by atoms with Gasteiger partial charge in [0.2, 0.25) is 0 Å². The number of guanidine groups is 1. The van der Waals surface area contributed by atoms with Gasteiger partial charge in [0.25, 0.3) is 0 Å². The maximum atomic E-state index is 5.99. The predicted molar refractivity (Wildman–Crippen MR) is 133 cm³/mol. The van der Waals surface area contributed by atoms with Crippen LogP contribution in [0.25, 0.3) is 0 Å². The first-order valence-corrected chi connectivity index (χ1v) is 10.7. The number of benzene rings is 1. The van der Waals surface area contributed by atoms with Crippen molar-refractivity contribution in [1.82, 2.24) is 15.5 Å². The normalized spacial score (nSPS) is 16.1. The highest BCUT2D eigenvalue weighted by Gasteiger charge is 2.17.